The molecular weight excluding hydrogens is 304 g/mol. The van der Waals surface area contributed by atoms with E-state index in [0.29, 0.717) is 6.04 Å². The van der Waals surface area contributed by atoms with Gasteiger partial charge < -0.3 is 10.9 Å². The SMILES string of the molecule is CCCCCCCCCC(N)CCCCCCCCC.O=[N+]([O-])O. The van der Waals surface area contributed by atoms with Crippen LogP contribution in [0.15, 0.2) is 0 Å². The molecule has 0 heterocycles. The van der Waals surface area contributed by atoms with E-state index in [1.807, 2.05) is 0 Å². The van der Waals surface area contributed by atoms with Gasteiger partial charge in [0.15, 0.2) is 0 Å². The Morgan fingerprint density at radius 1 is 0.750 bits per heavy atom. The maximum Gasteiger partial charge on any atom is 0.291 e. The molecular formula is C19H42N2O3. The third-order valence-corrected chi connectivity index (χ3v) is 4.36. The highest BCUT2D eigenvalue weighted by atomic mass is 16.9. The van der Waals surface area contributed by atoms with E-state index in [-0.39, 0.29) is 0 Å². The molecule has 0 rings (SSSR count). The molecule has 24 heavy (non-hydrogen) atoms. The van der Waals surface area contributed by atoms with Crippen LogP contribution in [0.4, 0.5) is 0 Å². The summed E-state index contributed by atoms with van der Waals surface area (Å²) in [6.07, 6.45) is 22.1. The zero-order valence-corrected chi connectivity index (χ0v) is 16.2. The minimum absolute atomic E-state index is 0.473. The molecule has 5 nitrogen and oxygen atoms in total. The molecule has 0 aromatic heterocycles. The van der Waals surface area contributed by atoms with Crippen molar-refractivity contribution in [1.82, 2.24) is 0 Å². The summed E-state index contributed by atoms with van der Waals surface area (Å²) >= 11 is 0. The van der Waals surface area contributed by atoms with Crippen LogP contribution in [0.1, 0.15) is 117 Å². The van der Waals surface area contributed by atoms with Gasteiger partial charge in [-0.05, 0) is 12.8 Å². The molecule has 0 aliphatic carbocycles. The number of hydrogen-bond acceptors (Lipinski definition) is 3. The molecule has 146 valence electrons. The van der Waals surface area contributed by atoms with Crippen LogP contribution in [0.3, 0.4) is 0 Å². The number of rotatable bonds is 16. The molecule has 0 bridgehead atoms. The number of nitrogens with two attached hydrogens (primary N) is 1. The predicted molar refractivity (Wildman–Crippen MR) is 102 cm³/mol. The minimum atomic E-state index is -1.50. The van der Waals surface area contributed by atoms with Gasteiger partial charge in [-0.1, -0.05) is 104 Å². The lowest BCUT2D eigenvalue weighted by atomic mass is 10.0. The van der Waals surface area contributed by atoms with Crippen molar-refractivity contribution in [2.75, 3.05) is 0 Å². The quantitative estimate of drug-likeness (QED) is 0.196. The summed E-state index contributed by atoms with van der Waals surface area (Å²) < 4.78 is 0. The predicted octanol–water partition coefficient (Wildman–Crippen LogP) is 6.25. The highest BCUT2D eigenvalue weighted by molar-refractivity contribution is 4.62. The smallest absolute Gasteiger partial charge is 0.291 e. The van der Waals surface area contributed by atoms with Gasteiger partial charge in [0, 0.05) is 6.04 Å². The Bertz CT molecular complexity index is 229. The van der Waals surface area contributed by atoms with E-state index < -0.39 is 5.09 Å². The van der Waals surface area contributed by atoms with E-state index in [0.717, 1.165) is 0 Å². The molecule has 0 atom stereocenters. The van der Waals surface area contributed by atoms with Crippen molar-refractivity contribution in [3.05, 3.63) is 10.1 Å². The van der Waals surface area contributed by atoms with Gasteiger partial charge in [-0.3, -0.25) is 0 Å². The highest BCUT2D eigenvalue weighted by Crippen LogP contribution is 2.13. The summed E-state index contributed by atoms with van der Waals surface area (Å²) in [5.74, 6) is 0. The Hall–Kier alpha value is -0.840. The molecule has 0 saturated heterocycles. The van der Waals surface area contributed by atoms with Crippen LogP contribution in [0.5, 0.6) is 0 Å². The zero-order valence-electron chi connectivity index (χ0n) is 16.2. The van der Waals surface area contributed by atoms with E-state index in [4.69, 9.17) is 21.1 Å². The second-order valence-electron chi connectivity index (χ2n) is 6.82. The lowest BCUT2D eigenvalue weighted by Crippen LogP contribution is -2.19. The number of unbranched alkanes of at least 4 members (excludes halogenated alkanes) is 12. The molecule has 5 heteroatoms. The Kier molecular flexibility index (Phi) is 23.5. The fraction of sp³-hybridized carbons (Fsp3) is 1.00. The molecule has 0 aromatic carbocycles. The van der Waals surface area contributed by atoms with Crippen molar-refractivity contribution in [2.24, 2.45) is 5.73 Å². The van der Waals surface area contributed by atoms with Crippen LogP contribution in [-0.2, 0) is 0 Å². The summed E-state index contributed by atoms with van der Waals surface area (Å²) in [6.45, 7) is 4.56. The van der Waals surface area contributed by atoms with Gasteiger partial charge in [-0.2, -0.15) is 0 Å². The summed E-state index contributed by atoms with van der Waals surface area (Å²) in [6, 6.07) is 0.473. The van der Waals surface area contributed by atoms with Crippen LogP contribution in [0.2, 0.25) is 0 Å². The van der Waals surface area contributed by atoms with Gasteiger partial charge >= 0.3 is 0 Å². The van der Waals surface area contributed by atoms with E-state index in [2.05, 4.69) is 13.8 Å². The van der Waals surface area contributed by atoms with Gasteiger partial charge in [-0.25, -0.2) is 0 Å². The van der Waals surface area contributed by atoms with Gasteiger partial charge in [0.2, 0.25) is 0 Å². The first-order chi connectivity index (χ1) is 11.5. The Balaban J connectivity index is 0. The van der Waals surface area contributed by atoms with Crippen LogP contribution in [0, 0.1) is 10.1 Å². The van der Waals surface area contributed by atoms with Crippen LogP contribution >= 0.6 is 0 Å². The van der Waals surface area contributed by atoms with Crippen LogP contribution in [0.25, 0.3) is 0 Å². The van der Waals surface area contributed by atoms with Crippen LogP contribution in [-0.4, -0.2) is 16.3 Å². The molecule has 0 spiro atoms. The average molecular weight is 347 g/mol. The fourth-order valence-electron chi connectivity index (χ4n) is 2.87. The number of nitrogens with zero attached hydrogens (tertiary/aromatic N) is 1. The average Bonchev–Trinajstić information content (AvgIpc) is 2.52. The van der Waals surface area contributed by atoms with E-state index in [1.54, 1.807) is 0 Å². The zero-order chi connectivity index (χ0) is 18.5. The topological polar surface area (TPSA) is 89.4 Å². The Morgan fingerprint density at radius 3 is 1.29 bits per heavy atom. The van der Waals surface area contributed by atoms with Crippen molar-refractivity contribution in [3.63, 3.8) is 0 Å². The van der Waals surface area contributed by atoms with E-state index in [9.17, 15) is 0 Å². The molecule has 0 aliphatic rings. The molecule has 0 aliphatic heterocycles. The summed E-state index contributed by atoms with van der Waals surface area (Å²) in [7, 11) is 0. The van der Waals surface area contributed by atoms with Crippen molar-refractivity contribution in [2.45, 2.75) is 123 Å². The van der Waals surface area contributed by atoms with Gasteiger partial charge in [0.25, 0.3) is 5.09 Å². The van der Waals surface area contributed by atoms with Crippen molar-refractivity contribution >= 4 is 0 Å². The highest BCUT2D eigenvalue weighted by Gasteiger charge is 2.02. The van der Waals surface area contributed by atoms with Crippen LogP contribution < -0.4 is 5.73 Å². The van der Waals surface area contributed by atoms with Gasteiger partial charge in [-0.15, -0.1) is 10.1 Å². The third kappa shape index (κ3) is 29.2. The third-order valence-electron chi connectivity index (χ3n) is 4.36. The van der Waals surface area contributed by atoms with E-state index >= 15 is 0 Å². The Morgan fingerprint density at radius 2 is 1.00 bits per heavy atom. The largest absolute Gasteiger partial charge is 0.328 e. The fourth-order valence-corrected chi connectivity index (χ4v) is 2.87. The second kappa shape index (κ2) is 22.2. The minimum Gasteiger partial charge on any atom is -0.328 e. The normalized spacial score (nSPS) is 10.5. The van der Waals surface area contributed by atoms with Crippen molar-refractivity contribution < 1.29 is 10.3 Å². The van der Waals surface area contributed by atoms with Crippen molar-refractivity contribution in [1.29, 1.82) is 0 Å². The monoisotopic (exact) mass is 346 g/mol. The molecule has 0 saturated carbocycles. The maximum atomic E-state index is 8.36. The molecule has 3 N–H and O–H groups in total. The van der Waals surface area contributed by atoms with Crippen molar-refractivity contribution in [3.8, 4) is 0 Å². The molecule has 0 fully saturated rings. The summed E-state index contributed by atoms with van der Waals surface area (Å²) in [5.41, 5.74) is 6.20. The summed E-state index contributed by atoms with van der Waals surface area (Å²) in [5, 5.41) is 13.6. The number of hydrogen-bond donors (Lipinski definition) is 2. The molecule has 0 unspecified atom stereocenters. The molecule has 0 radical (unpaired) electrons. The lowest BCUT2D eigenvalue weighted by molar-refractivity contribution is -0.742. The molecule has 0 amide bonds. The standard InChI is InChI=1S/C19H41N.HNO3/c1-3-5-7-9-11-13-15-17-19(20)18-16-14-12-10-8-6-4-2;2-1(3)4/h19H,3-18,20H2,1-2H3;(H,2,3,4). The lowest BCUT2D eigenvalue weighted by Gasteiger charge is -2.11. The Labute approximate surface area is 149 Å². The van der Waals surface area contributed by atoms with Gasteiger partial charge in [0.1, 0.15) is 0 Å². The maximum absolute atomic E-state index is 8.36. The van der Waals surface area contributed by atoms with E-state index in [1.165, 1.54) is 103 Å². The second-order valence-corrected chi connectivity index (χ2v) is 6.82. The summed E-state index contributed by atoms with van der Waals surface area (Å²) in [4.78, 5) is 8.36. The first kappa shape index (κ1) is 25.4. The first-order valence-corrected chi connectivity index (χ1v) is 10.1. The first-order valence-electron chi connectivity index (χ1n) is 10.1. The molecule has 0 aromatic rings. The van der Waals surface area contributed by atoms with Gasteiger partial charge in [0.05, 0.1) is 0 Å².